The summed E-state index contributed by atoms with van der Waals surface area (Å²) in [5.41, 5.74) is 10.2. The summed E-state index contributed by atoms with van der Waals surface area (Å²) in [5.74, 6) is 2.12. The van der Waals surface area contributed by atoms with Crippen molar-refractivity contribution in [2.75, 3.05) is 37.6 Å². The smallest absolute Gasteiger partial charge is 0.113 e. The van der Waals surface area contributed by atoms with E-state index in [1.165, 1.54) is 45.3 Å². The first kappa shape index (κ1) is 17.6. The summed E-state index contributed by atoms with van der Waals surface area (Å²) in [7, 11) is 0. The zero-order chi connectivity index (χ0) is 19.6. The van der Waals surface area contributed by atoms with Crippen LogP contribution in [-0.2, 0) is 0 Å². The van der Waals surface area contributed by atoms with E-state index in [0.29, 0.717) is 34.8 Å². The molecule has 2 N–H and O–H groups in total. The van der Waals surface area contributed by atoms with Gasteiger partial charge in [-0.05, 0) is 61.0 Å². The van der Waals surface area contributed by atoms with Crippen LogP contribution in [0.15, 0.2) is 24.5 Å². The number of rotatable bonds is 3. The molecule has 2 saturated carbocycles. The molecule has 1 spiro atoms. The Balaban J connectivity index is 1.25. The lowest BCUT2D eigenvalue weighted by Gasteiger charge is -2.38. The highest BCUT2D eigenvalue weighted by atomic mass is 15.2. The molecule has 6 rings (SSSR count). The van der Waals surface area contributed by atoms with Crippen LogP contribution in [0.25, 0.3) is 11.0 Å². The van der Waals surface area contributed by atoms with E-state index >= 15 is 0 Å². The molecule has 150 valence electrons. The van der Waals surface area contributed by atoms with Gasteiger partial charge in [-0.15, -0.1) is 0 Å². The van der Waals surface area contributed by atoms with E-state index in [4.69, 9.17) is 5.73 Å². The number of likely N-dealkylation sites (tertiary alicyclic amines) is 1. The van der Waals surface area contributed by atoms with E-state index in [1.807, 2.05) is 6.07 Å². The maximum Gasteiger partial charge on any atom is 0.113 e. The topological polar surface area (TPSA) is 82.1 Å². The van der Waals surface area contributed by atoms with E-state index in [2.05, 4.69) is 31.9 Å². The summed E-state index contributed by atoms with van der Waals surface area (Å²) in [6, 6.07) is 6.68. The second-order valence-electron chi connectivity index (χ2n) is 9.83. The highest BCUT2D eigenvalue weighted by Crippen LogP contribution is 2.57. The largest absolute Gasteiger partial charge is 0.369 e. The van der Waals surface area contributed by atoms with Gasteiger partial charge in [0, 0.05) is 51.2 Å². The Labute approximate surface area is 171 Å². The van der Waals surface area contributed by atoms with Gasteiger partial charge in [-0.3, -0.25) is 9.97 Å². The quantitative estimate of drug-likeness (QED) is 0.869. The van der Waals surface area contributed by atoms with Crippen LogP contribution in [0.3, 0.4) is 0 Å². The third kappa shape index (κ3) is 2.75. The molecule has 2 aliphatic carbocycles. The molecule has 3 unspecified atom stereocenters. The summed E-state index contributed by atoms with van der Waals surface area (Å²) in [6.45, 7) is 5.77. The molecule has 4 fully saturated rings. The van der Waals surface area contributed by atoms with Crippen LogP contribution in [-0.4, -0.2) is 53.6 Å². The van der Waals surface area contributed by atoms with E-state index in [-0.39, 0.29) is 0 Å². The van der Waals surface area contributed by atoms with Crippen LogP contribution in [0.5, 0.6) is 0 Å². The van der Waals surface area contributed by atoms with Crippen LogP contribution in [0, 0.1) is 34.5 Å². The lowest BCUT2D eigenvalue weighted by Crippen LogP contribution is -2.50. The normalized spacial score (nSPS) is 32.8. The third-order valence-electron chi connectivity index (χ3n) is 8.23. The van der Waals surface area contributed by atoms with Gasteiger partial charge in [0.1, 0.15) is 17.1 Å². The number of hydrogen-bond acceptors (Lipinski definition) is 6. The van der Waals surface area contributed by atoms with Crippen molar-refractivity contribution in [3.63, 3.8) is 0 Å². The van der Waals surface area contributed by atoms with E-state index in [0.717, 1.165) is 29.8 Å². The lowest BCUT2D eigenvalue weighted by molar-refractivity contribution is 0.118. The maximum atomic E-state index is 9.43. The predicted octanol–water partition coefficient (Wildman–Crippen LogP) is 2.39. The molecule has 1 aromatic heterocycles. The second-order valence-corrected chi connectivity index (χ2v) is 9.83. The minimum absolute atomic E-state index is 0.435. The summed E-state index contributed by atoms with van der Waals surface area (Å²) in [5, 5.41) is 9.43. The molecule has 0 radical (unpaired) electrons. The van der Waals surface area contributed by atoms with Gasteiger partial charge >= 0.3 is 0 Å². The fourth-order valence-corrected chi connectivity index (χ4v) is 6.41. The lowest BCUT2D eigenvalue weighted by atomic mass is 9.89. The van der Waals surface area contributed by atoms with E-state index in [9.17, 15) is 5.26 Å². The van der Waals surface area contributed by atoms with Crippen LogP contribution in [0.1, 0.15) is 31.2 Å². The minimum atomic E-state index is 0.435. The van der Waals surface area contributed by atoms with Gasteiger partial charge in [0.2, 0.25) is 0 Å². The Kier molecular flexibility index (Phi) is 3.88. The van der Waals surface area contributed by atoms with Crippen LogP contribution in [0.2, 0.25) is 0 Å². The molecular formula is C23H28N6. The Bertz CT molecular complexity index is 979. The zero-order valence-electron chi connectivity index (χ0n) is 16.8. The number of nitrogens with zero attached hydrogens (tertiary/aromatic N) is 5. The highest BCUT2D eigenvalue weighted by Gasteiger charge is 2.55. The highest BCUT2D eigenvalue weighted by molar-refractivity contribution is 5.92. The van der Waals surface area contributed by atoms with Gasteiger partial charge in [-0.2, -0.15) is 5.26 Å². The maximum absolute atomic E-state index is 9.43. The molecular weight excluding hydrogens is 360 g/mol. The van der Waals surface area contributed by atoms with Crippen molar-refractivity contribution in [3.05, 3.63) is 30.1 Å². The van der Waals surface area contributed by atoms with E-state index in [1.54, 1.807) is 12.4 Å². The molecule has 6 nitrogen and oxygen atoms in total. The number of fused-ring (bicyclic) bond motifs is 3. The molecule has 2 aromatic rings. The average molecular weight is 389 g/mol. The zero-order valence-corrected chi connectivity index (χ0v) is 16.8. The first-order valence-electron chi connectivity index (χ1n) is 11.0. The Morgan fingerprint density at radius 3 is 2.48 bits per heavy atom. The van der Waals surface area contributed by atoms with Crippen molar-refractivity contribution in [2.45, 2.75) is 31.7 Å². The van der Waals surface area contributed by atoms with Crippen molar-refractivity contribution in [2.24, 2.45) is 28.9 Å². The number of nitrogens with two attached hydrogens (primary N) is 1. The standard InChI is InChI=1S/C23H28N6/c24-9-15-3-4-19(22-21(15)26-7-8-27-22)29-13-18(23(14-29)5-6-23)12-28-10-16-1-2-17(11-28)20(16)25/h3-4,7-8,16-18,20H,1-2,5-6,10-14,25H2. The van der Waals surface area contributed by atoms with Gasteiger partial charge in [0.15, 0.2) is 0 Å². The summed E-state index contributed by atoms with van der Waals surface area (Å²) < 4.78 is 0. The summed E-state index contributed by atoms with van der Waals surface area (Å²) in [4.78, 5) is 14.3. The molecule has 4 aliphatic rings. The van der Waals surface area contributed by atoms with Gasteiger partial charge < -0.3 is 15.5 Å². The minimum Gasteiger partial charge on any atom is -0.369 e. The first-order valence-corrected chi connectivity index (χ1v) is 11.0. The van der Waals surface area contributed by atoms with Crippen molar-refractivity contribution >= 4 is 16.7 Å². The number of aromatic nitrogens is 2. The van der Waals surface area contributed by atoms with Crippen LogP contribution < -0.4 is 10.6 Å². The molecule has 3 atom stereocenters. The Morgan fingerprint density at radius 1 is 1.07 bits per heavy atom. The number of hydrogen-bond donors (Lipinski definition) is 1. The Hall–Kier alpha value is -2.23. The van der Waals surface area contributed by atoms with E-state index < -0.39 is 0 Å². The van der Waals surface area contributed by atoms with Crippen molar-refractivity contribution in [1.29, 1.82) is 5.26 Å². The summed E-state index contributed by atoms with van der Waals surface area (Å²) >= 11 is 0. The fraction of sp³-hybridized carbons (Fsp3) is 0.609. The van der Waals surface area contributed by atoms with Crippen molar-refractivity contribution in [1.82, 2.24) is 14.9 Å². The predicted molar refractivity (Wildman–Crippen MR) is 112 cm³/mol. The number of anilines is 1. The van der Waals surface area contributed by atoms with Gasteiger partial charge in [-0.1, -0.05) is 0 Å². The third-order valence-corrected chi connectivity index (χ3v) is 8.23. The second kappa shape index (κ2) is 6.38. The SMILES string of the molecule is N#Cc1ccc(N2CC(CN3CC4CCC(C3)C4N)C3(CC3)C2)c2nccnc12. The molecule has 6 heteroatoms. The molecule has 2 bridgehead atoms. The molecule has 1 aromatic carbocycles. The molecule has 3 heterocycles. The van der Waals surface area contributed by atoms with Crippen molar-refractivity contribution in [3.8, 4) is 6.07 Å². The van der Waals surface area contributed by atoms with Crippen LogP contribution in [0.4, 0.5) is 5.69 Å². The number of benzene rings is 1. The number of piperidine rings is 1. The Morgan fingerprint density at radius 2 is 1.79 bits per heavy atom. The molecule has 2 aliphatic heterocycles. The fourth-order valence-electron chi connectivity index (χ4n) is 6.41. The van der Waals surface area contributed by atoms with Gasteiger partial charge in [0.05, 0.1) is 11.3 Å². The first-order chi connectivity index (χ1) is 14.2. The van der Waals surface area contributed by atoms with Crippen molar-refractivity contribution < 1.29 is 0 Å². The average Bonchev–Trinajstić information content (AvgIpc) is 3.40. The van der Waals surface area contributed by atoms with Crippen LogP contribution >= 0.6 is 0 Å². The number of nitriles is 1. The molecule has 29 heavy (non-hydrogen) atoms. The molecule has 2 saturated heterocycles. The van der Waals surface area contributed by atoms with Gasteiger partial charge in [0.25, 0.3) is 0 Å². The molecule has 0 amide bonds. The van der Waals surface area contributed by atoms with Gasteiger partial charge in [-0.25, -0.2) is 0 Å². The monoisotopic (exact) mass is 388 g/mol. The summed E-state index contributed by atoms with van der Waals surface area (Å²) in [6.07, 6.45) is 8.74.